The zero-order valence-electron chi connectivity index (χ0n) is 9.76. The maximum absolute atomic E-state index is 11.6. The molecule has 0 aliphatic carbocycles. The highest BCUT2D eigenvalue weighted by Gasteiger charge is 2.15. The minimum absolute atomic E-state index is 0.131. The van der Waals surface area contributed by atoms with E-state index < -0.39 is 10.9 Å². The second kappa shape index (κ2) is 6.90. The lowest BCUT2D eigenvalue weighted by Crippen LogP contribution is -2.04. The number of ether oxygens (including phenoxy) is 1. The lowest BCUT2D eigenvalue weighted by molar-refractivity contribution is -0.384. The number of nitro groups is 1. The summed E-state index contributed by atoms with van der Waals surface area (Å²) < 4.78 is 4.61. The number of carbonyl (C=O) groups excluding carboxylic acids is 1. The van der Waals surface area contributed by atoms with E-state index >= 15 is 0 Å². The molecule has 1 rings (SSSR count). The van der Waals surface area contributed by atoms with Crippen LogP contribution in [0.2, 0.25) is 0 Å². The molecular weight excluding hydrogens is 302 g/mol. The van der Waals surface area contributed by atoms with Gasteiger partial charge < -0.3 is 4.74 Å². The van der Waals surface area contributed by atoms with Crippen LogP contribution in [0.4, 0.5) is 5.69 Å². The van der Waals surface area contributed by atoms with Crippen molar-refractivity contribution in [3.63, 3.8) is 0 Å². The Morgan fingerprint density at radius 2 is 2.28 bits per heavy atom. The van der Waals surface area contributed by atoms with Crippen LogP contribution in [0.25, 0.3) is 6.08 Å². The summed E-state index contributed by atoms with van der Waals surface area (Å²) in [5.74, 6) is -0.586. The Balaban J connectivity index is 3.16. The smallest absolute Gasteiger partial charge is 0.338 e. The Morgan fingerprint density at radius 1 is 1.56 bits per heavy atom. The molecule has 0 fully saturated rings. The van der Waals surface area contributed by atoms with E-state index in [2.05, 4.69) is 20.7 Å². The van der Waals surface area contributed by atoms with Gasteiger partial charge in [0.15, 0.2) is 0 Å². The summed E-state index contributed by atoms with van der Waals surface area (Å²) in [6, 6.07) is 4.12. The molecule has 0 spiro atoms. The zero-order valence-corrected chi connectivity index (χ0v) is 11.3. The van der Waals surface area contributed by atoms with Gasteiger partial charge in [0.2, 0.25) is 0 Å². The molecule has 0 atom stereocenters. The highest BCUT2D eigenvalue weighted by Crippen LogP contribution is 2.20. The van der Waals surface area contributed by atoms with E-state index in [4.69, 9.17) is 0 Å². The monoisotopic (exact) mass is 313 g/mol. The lowest BCUT2D eigenvalue weighted by atomic mass is 10.1. The highest BCUT2D eigenvalue weighted by molar-refractivity contribution is 9.09. The van der Waals surface area contributed by atoms with Crippen LogP contribution >= 0.6 is 15.9 Å². The Hall–Kier alpha value is -1.69. The fourth-order valence-corrected chi connectivity index (χ4v) is 1.63. The van der Waals surface area contributed by atoms with Gasteiger partial charge in [-0.05, 0) is 18.1 Å². The third-order valence-electron chi connectivity index (χ3n) is 2.23. The van der Waals surface area contributed by atoms with Crippen LogP contribution in [0, 0.1) is 10.1 Å². The number of hydrogen-bond donors (Lipinski definition) is 0. The van der Waals surface area contributed by atoms with E-state index in [1.54, 1.807) is 6.08 Å². The van der Waals surface area contributed by atoms with Crippen LogP contribution in [-0.2, 0) is 4.74 Å². The molecule has 1 aromatic carbocycles. The topological polar surface area (TPSA) is 69.4 Å². The first-order chi connectivity index (χ1) is 8.60. The Bertz CT molecular complexity index is 485. The molecule has 18 heavy (non-hydrogen) atoms. The minimum atomic E-state index is -0.586. The zero-order chi connectivity index (χ0) is 13.5. The molecule has 5 nitrogen and oxygen atoms in total. The molecule has 0 radical (unpaired) electrons. The predicted octanol–water partition coefficient (Wildman–Crippen LogP) is 3.18. The summed E-state index contributed by atoms with van der Waals surface area (Å²) in [5.41, 5.74) is 0.666. The first kappa shape index (κ1) is 14.4. The molecule has 6 heteroatoms. The molecule has 1 aromatic rings. The van der Waals surface area contributed by atoms with E-state index in [0.717, 1.165) is 11.8 Å². The molecule has 0 bridgehead atoms. The first-order valence-corrected chi connectivity index (χ1v) is 6.31. The van der Waals surface area contributed by atoms with Crippen molar-refractivity contribution < 1.29 is 14.5 Å². The van der Waals surface area contributed by atoms with Crippen molar-refractivity contribution in [1.82, 2.24) is 0 Å². The van der Waals surface area contributed by atoms with Gasteiger partial charge in [0, 0.05) is 17.5 Å². The molecule has 0 unspecified atom stereocenters. The molecule has 0 saturated heterocycles. The predicted molar refractivity (Wildman–Crippen MR) is 71.9 cm³/mol. The number of non-ortho nitro benzene ring substituents is 1. The van der Waals surface area contributed by atoms with Crippen molar-refractivity contribution >= 4 is 33.7 Å². The Labute approximate surface area is 113 Å². The molecule has 0 aliphatic heterocycles. The first-order valence-electron chi connectivity index (χ1n) is 5.19. The van der Waals surface area contributed by atoms with Gasteiger partial charge in [-0.3, -0.25) is 10.1 Å². The van der Waals surface area contributed by atoms with Crippen molar-refractivity contribution in [2.75, 3.05) is 12.4 Å². The van der Waals surface area contributed by atoms with Crippen LogP contribution in [0.5, 0.6) is 0 Å². The quantitative estimate of drug-likeness (QED) is 0.362. The number of allylic oxidation sites excluding steroid dienone is 1. The van der Waals surface area contributed by atoms with Gasteiger partial charge in [0.05, 0.1) is 17.6 Å². The van der Waals surface area contributed by atoms with Crippen molar-refractivity contribution in [1.29, 1.82) is 0 Å². The summed E-state index contributed by atoms with van der Waals surface area (Å²) in [6.45, 7) is 0. The largest absolute Gasteiger partial charge is 0.465 e. The average molecular weight is 314 g/mol. The number of carbonyl (C=O) groups is 1. The summed E-state index contributed by atoms with van der Waals surface area (Å²) in [4.78, 5) is 21.7. The number of halogens is 1. The van der Waals surface area contributed by atoms with Crippen molar-refractivity contribution in [3.05, 3.63) is 45.5 Å². The van der Waals surface area contributed by atoms with Crippen LogP contribution in [0.15, 0.2) is 24.3 Å². The van der Waals surface area contributed by atoms with E-state index in [9.17, 15) is 14.9 Å². The van der Waals surface area contributed by atoms with Crippen LogP contribution in [-0.4, -0.2) is 23.3 Å². The number of nitro benzene ring substituents is 1. The molecule has 0 aromatic heterocycles. The van der Waals surface area contributed by atoms with E-state index in [-0.39, 0.29) is 11.3 Å². The normalized spacial score (nSPS) is 10.6. The van der Waals surface area contributed by atoms with Gasteiger partial charge in [0.1, 0.15) is 0 Å². The summed E-state index contributed by atoms with van der Waals surface area (Å²) in [6.07, 6.45) is 4.43. The third kappa shape index (κ3) is 3.66. The van der Waals surface area contributed by atoms with Gasteiger partial charge in [-0.25, -0.2) is 4.79 Å². The fourth-order valence-electron chi connectivity index (χ4n) is 1.36. The number of benzene rings is 1. The second-order valence-electron chi connectivity index (χ2n) is 3.40. The SMILES string of the molecule is COC(=O)c1cc([N+](=O)[O-])ccc1C=CCCBr. The molecular formula is C12H12BrNO4. The van der Waals surface area contributed by atoms with Gasteiger partial charge in [-0.1, -0.05) is 28.1 Å². The van der Waals surface area contributed by atoms with Gasteiger partial charge >= 0.3 is 5.97 Å². The van der Waals surface area contributed by atoms with Gasteiger partial charge in [0.25, 0.3) is 5.69 Å². The number of hydrogen-bond acceptors (Lipinski definition) is 4. The van der Waals surface area contributed by atoms with Crippen LogP contribution < -0.4 is 0 Å². The lowest BCUT2D eigenvalue weighted by Gasteiger charge is -2.03. The summed E-state index contributed by atoms with van der Waals surface area (Å²) in [7, 11) is 1.24. The van der Waals surface area contributed by atoms with Crippen molar-refractivity contribution in [2.45, 2.75) is 6.42 Å². The molecule has 96 valence electrons. The summed E-state index contributed by atoms with van der Waals surface area (Å²) >= 11 is 3.28. The fraction of sp³-hybridized carbons (Fsp3) is 0.250. The molecule has 0 N–H and O–H groups in total. The Kier molecular flexibility index (Phi) is 5.51. The van der Waals surface area contributed by atoms with E-state index in [1.165, 1.54) is 25.3 Å². The molecule has 0 saturated carbocycles. The van der Waals surface area contributed by atoms with Gasteiger partial charge in [-0.15, -0.1) is 0 Å². The number of esters is 1. The molecule has 0 heterocycles. The number of methoxy groups -OCH3 is 1. The second-order valence-corrected chi connectivity index (χ2v) is 4.19. The van der Waals surface area contributed by atoms with Crippen LogP contribution in [0.1, 0.15) is 22.3 Å². The van der Waals surface area contributed by atoms with Gasteiger partial charge in [-0.2, -0.15) is 0 Å². The van der Waals surface area contributed by atoms with Crippen molar-refractivity contribution in [2.24, 2.45) is 0 Å². The van der Waals surface area contributed by atoms with E-state index in [0.29, 0.717) is 5.56 Å². The highest BCUT2D eigenvalue weighted by atomic mass is 79.9. The van der Waals surface area contributed by atoms with E-state index in [1.807, 2.05) is 6.08 Å². The number of alkyl halides is 1. The maximum Gasteiger partial charge on any atom is 0.338 e. The van der Waals surface area contributed by atoms with Crippen LogP contribution in [0.3, 0.4) is 0 Å². The minimum Gasteiger partial charge on any atom is -0.465 e. The number of nitrogens with zero attached hydrogens (tertiary/aromatic N) is 1. The maximum atomic E-state index is 11.6. The third-order valence-corrected chi connectivity index (χ3v) is 2.68. The number of rotatable bonds is 5. The molecule has 0 aliphatic rings. The summed E-state index contributed by atoms with van der Waals surface area (Å²) in [5, 5.41) is 11.5. The molecule has 0 amide bonds. The Morgan fingerprint density at radius 3 is 2.83 bits per heavy atom. The van der Waals surface area contributed by atoms with Crippen molar-refractivity contribution in [3.8, 4) is 0 Å². The average Bonchev–Trinajstić information content (AvgIpc) is 2.38. The standard InChI is InChI=1S/C12H12BrNO4/c1-18-12(15)11-8-10(14(16)17)6-5-9(11)4-2-3-7-13/h2,4-6,8H,3,7H2,1H3.